The molecule has 2 aromatic carbocycles. The molecule has 4 nitrogen and oxygen atoms in total. The average molecular weight is 345 g/mol. The van der Waals surface area contributed by atoms with Gasteiger partial charge in [-0.2, -0.15) is 0 Å². The third-order valence-corrected chi connectivity index (χ3v) is 3.94. The monoisotopic (exact) mass is 345 g/mol. The molecule has 0 unspecified atom stereocenters. The summed E-state index contributed by atoms with van der Waals surface area (Å²) in [7, 11) is 0. The molecule has 2 aromatic rings. The third kappa shape index (κ3) is 3.52. The lowest BCUT2D eigenvalue weighted by molar-refractivity contribution is -0.0231. The molecule has 1 aliphatic heterocycles. The van der Waals surface area contributed by atoms with Gasteiger partial charge in [-0.25, -0.2) is 8.78 Å². The van der Waals surface area contributed by atoms with Crippen LogP contribution in [-0.4, -0.2) is 29.2 Å². The summed E-state index contributed by atoms with van der Waals surface area (Å²) in [5.74, 6) is -3.22. The van der Waals surface area contributed by atoms with Crippen molar-refractivity contribution in [2.45, 2.75) is 26.3 Å². The summed E-state index contributed by atoms with van der Waals surface area (Å²) in [6.45, 7) is 1.94. The predicted molar refractivity (Wildman–Crippen MR) is 87.9 cm³/mol. The van der Waals surface area contributed by atoms with Gasteiger partial charge in [-0.3, -0.25) is 14.5 Å². The molecule has 3 rings (SSSR count). The van der Waals surface area contributed by atoms with Gasteiger partial charge in [0.05, 0.1) is 17.7 Å². The topological polar surface area (TPSA) is 46.6 Å². The number of rotatable bonds is 5. The summed E-state index contributed by atoms with van der Waals surface area (Å²) in [5.41, 5.74) is 2.18. The molecule has 0 aromatic heterocycles. The Morgan fingerprint density at radius 1 is 1.04 bits per heavy atom. The van der Waals surface area contributed by atoms with Crippen molar-refractivity contribution in [2.24, 2.45) is 0 Å². The zero-order valence-corrected chi connectivity index (χ0v) is 13.9. The fraction of sp³-hybridized carbons (Fsp3) is 0.263. The van der Waals surface area contributed by atoms with E-state index in [-0.39, 0.29) is 18.4 Å². The molecule has 1 aliphatic rings. The largest absolute Gasteiger partial charge is 0.487 e. The highest BCUT2D eigenvalue weighted by molar-refractivity contribution is 6.21. The molecule has 0 saturated carbocycles. The Balaban J connectivity index is 1.75. The minimum Gasteiger partial charge on any atom is -0.487 e. The highest BCUT2D eigenvalue weighted by Gasteiger charge is 2.35. The van der Waals surface area contributed by atoms with Gasteiger partial charge in [0.1, 0.15) is 5.75 Å². The SMILES string of the molecule is Cc1cc(CN2C(=O)c3ccccc3C2=O)ccc1OCC(C)(F)F. The average Bonchev–Trinajstić information content (AvgIpc) is 2.79. The number of benzene rings is 2. The first-order valence-electron chi connectivity index (χ1n) is 7.81. The number of alkyl halides is 2. The zero-order valence-electron chi connectivity index (χ0n) is 13.9. The van der Waals surface area contributed by atoms with Crippen LogP contribution in [0.2, 0.25) is 0 Å². The summed E-state index contributed by atoms with van der Waals surface area (Å²) >= 11 is 0. The maximum atomic E-state index is 12.9. The molecule has 130 valence electrons. The molecular weight excluding hydrogens is 328 g/mol. The smallest absolute Gasteiger partial charge is 0.278 e. The van der Waals surface area contributed by atoms with Gasteiger partial charge in [0.25, 0.3) is 17.7 Å². The van der Waals surface area contributed by atoms with E-state index < -0.39 is 12.5 Å². The molecule has 1 heterocycles. The van der Waals surface area contributed by atoms with Gasteiger partial charge in [-0.1, -0.05) is 24.3 Å². The van der Waals surface area contributed by atoms with Crippen molar-refractivity contribution in [1.82, 2.24) is 4.90 Å². The molecule has 6 heteroatoms. The van der Waals surface area contributed by atoms with Gasteiger partial charge in [-0.15, -0.1) is 0 Å². The van der Waals surface area contributed by atoms with Gasteiger partial charge in [-0.05, 0) is 36.2 Å². The van der Waals surface area contributed by atoms with Crippen LogP contribution in [0.15, 0.2) is 42.5 Å². The number of hydrogen-bond acceptors (Lipinski definition) is 3. The van der Waals surface area contributed by atoms with Gasteiger partial charge in [0.15, 0.2) is 6.61 Å². The number of aryl methyl sites for hydroxylation is 1. The van der Waals surface area contributed by atoms with Crippen LogP contribution in [0.5, 0.6) is 5.75 Å². The molecular formula is C19H17F2NO3. The second kappa shape index (κ2) is 6.27. The van der Waals surface area contributed by atoms with Crippen LogP contribution in [0.3, 0.4) is 0 Å². The fourth-order valence-electron chi connectivity index (χ4n) is 2.74. The maximum absolute atomic E-state index is 12.9. The molecule has 0 bridgehead atoms. The summed E-state index contributed by atoms with van der Waals surface area (Å²) in [4.78, 5) is 25.9. The Morgan fingerprint density at radius 3 is 2.16 bits per heavy atom. The molecule has 25 heavy (non-hydrogen) atoms. The lowest BCUT2D eigenvalue weighted by Crippen LogP contribution is -2.29. The van der Waals surface area contributed by atoms with E-state index in [4.69, 9.17) is 4.74 Å². The number of hydrogen-bond donors (Lipinski definition) is 0. The van der Waals surface area contributed by atoms with E-state index in [9.17, 15) is 18.4 Å². The number of carbonyl (C=O) groups excluding carboxylic acids is 2. The first-order chi connectivity index (χ1) is 11.8. The van der Waals surface area contributed by atoms with Crippen molar-refractivity contribution in [1.29, 1.82) is 0 Å². The zero-order chi connectivity index (χ0) is 18.2. The molecule has 2 amide bonds. The van der Waals surface area contributed by atoms with E-state index in [2.05, 4.69) is 0 Å². The number of amides is 2. The van der Waals surface area contributed by atoms with Crippen molar-refractivity contribution in [3.05, 3.63) is 64.7 Å². The van der Waals surface area contributed by atoms with Crippen LogP contribution in [0, 0.1) is 6.92 Å². The second-order valence-corrected chi connectivity index (χ2v) is 6.20. The number of carbonyl (C=O) groups is 2. The molecule has 0 N–H and O–H groups in total. The van der Waals surface area contributed by atoms with Crippen LogP contribution < -0.4 is 4.74 Å². The molecule has 0 atom stereocenters. The molecule has 0 aliphatic carbocycles. The van der Waals surface area contributed by atoms with Crippen LogP contribution in [0.4, 0.5) is 8.78 Å². The number of imide groups is 1. The van der Waals surface area contributed by atoms with E-state index >= 15 is 0 Å². The summed E-state index contributed by atoms with van der Waals surface area (Å²) < 4.78 is 30.9. The quantitative estimate of drug-likeness (QED) is 0.774. The minimum atomic E-state index is -2.91. The van der Waals surface area contributed by atoms with E-state index in [1.54, 1.807) is 49.4 Å². The van der Waals surface area contributed by atoms with E-state index in [1.807, 2.05) is 0 Å². The second-order valence-electron chi connectivity index (χ2n) is 6.20. The van der Waals surface area contributed by atoms with Crippen LogP contribution in [-0.2, 0) is 6.54 Å². The first-order valence-corrected chi connectivity index (χ1v) is 7.81. The van der Waals surface area contributed by atoms with E-state index in [0.717, 1.165) is 12.5 Å². The lowest BCUT2D eigenvalue weighted by atomic mass is 10.1. The first kappa shape index (κ1) is 17.1. The highest BCUT2D eigenvalue weighted by Crippen LogP contribution is 2.26. The predicted octanol–water partition coefficient (Wildman–Crippen LogP) is 3.83. The van der Waals surface area contributed by atoms with Crippen molar-refractivity contribution in [3.8, 4) is 5.75 Å². The molecule has 0 fully saturated rings. The molecule has 0 spiro atoms. The Bertz CT molecular complexity index is 808. The minimum absolute atomic E-state index is 0.122. The van der Waals surface area contributed by atoms with Gasteiger partial charge < -0.3 is 4.74 Å². The Labute approximate surface area is 144 Å². The number of nitrogens with zero attached hydrogens (tertiary/aromatic N) is 1. The van der Waals surface area contributed by atoms with Gasteiger partial charge in [0.2, 0.25) is 0 Å². The van der Waals surface area contributed by atoms with Crippen LogP contribution in [0.25, 0.3) is 0 Å². The molecule has 0 saturated heterocycles. The normalized spacial score (nSPS) is 14.0. The fourth-order valence-corrected chi connectivity index (χ4v) is 2.74. The van der Waals surface area contributed by atoms with Crippen LogP contribution in [0.1, 0.15) is 38.8 Å². The lowest BCUT2D eigenvalue weighted by Gasteiger charge is -2.17. The van der Waals surface area contributed by atoms with Crippen molar-refractivity contribution < 1.29 is 23.1 Å². The summed E-state index contributed by atoms with van der Waals surface area (Å²) in [5, 5.41) is 0. The summed E-state index contributed by atoms with van der Waals surface area (Å²) in [6, 6.07) is 11.7. The van der Waals surface area contributed by atoms with Gasteiger partial charge >= 0.3 is 0 Å². The van der Waals surface area contributed by atoms with E-state index in [1.165, 1.54) is 4.90 Å². The van der Waals surface area contributed by atoms with Gasteiger partial charge in [0, 0.05) is 6.92 Å². The Hall–Kier alpha value is -2.76. The van der Waals surface area contributed by atoms with Crippen molar-refractivity contribution in [2.75, 3.05) is 6.61 Å². The third-order valence-electron chi connectivity index (χ3n) is 3.94. The van der Waals surface area contributed by atoms with Crippen molar-refractivity contribution >= 4 is 11.8 Å². The van der Waals surface area contributed by atoms with Crippen molar-refractivity contribution in [3.63, 3.8) is 0 Å². The Morgan fingerprint density at radius 2 is 1.64 bits per heavy atom. The highest BCUT2D eigenvalue weighted by atomic mass is 19.3. The number of ether oxygens (including phenoxy) is 1. The van der Waals surface area contributed by atoms with Crippen LogP contribution >= 0.6 is 0 Å². The molecule has 0 radical (unpaired) electrons. The standard InChI is InChI=1S/C19H17F2NO3/c1-12-9-13(7-8-16(12)25-11-19(2,20)21)10-22-17(23)14-5-3-4-6-15(14)18(22)24/h3-9H,10-11H2,1-2H3. The number of fused-ring (bicyclic) bond motifs is 1. The Kier molecular flexibility index (Phi) is 4.29. The number of halogens is 2. The maximum Gasteiger partial charge on any atom is 0.278 e. The van der Waals surface area contributed by atoms with E-state index in [0.29, 0.717) is 22.4 Å². The summed E-state index contributed by atoms with van der Waals surface area (Å²) in [6.07, 6.45) is 0.